The summed E-state index contributed by atoms with van der Waals surface area (Å²) in [5.74, 6) is 2.71. The molecule has 142 valence electrons. The van der Waals surface area contributed by atoms with Gasteiger partial charge in [0, 0.05) is 0 Å². The van der Waals surface area contributed by atoms with Gasteiger partial charge >= 0.3 is 0 Å². The van der Waals surface area contributed by atoms with Gasteiger partial charge in [-0.3, -0.25) is 0 Å². The van der Waals surface area contributed by atoms with Crippen LogP contribution < -0.4 is 0 Å². The molecule has 0 aromatic heterocycles. The summed E-state index contributed by atoms with van der Waals surface area (Å²) in [6, 6.07) is 0. The molecule has 24 heavy (non-hydrogen) atoms. The lowest BCUT2D eigenvalue weighted by Gasteiger charge is -2.27. The van der Waals surface area contributed by atoms with Crippen molar-refractivity contribution in [2.45, 2.75) is 113 Å². The average molecular weight is 335 g/mol. The molecule has 1 aliphatic carbocycles. The molecule has 1 rings (SSSR count). The first-order valence-electron chi connectivity index (χ1n) is 10.6. The highest BCUT2D eigenvalue weighted by molar-refractivity contribution is 5.06. The van der Waals surface area contributed by atoms with Crippen LogP contribution in [-0.2, 0) is 0 Å². The lowest BCUT2D eigenvalue weighted by Crippen LogP contribution is -2.14. The van der Waals surface area contributed by atoms with E-state index in [2.05, 4.69) is 61.5 Å². The third-order valence-electron chi connectivity index (χ3n) is 5.56. The van der Waals surface area contributed by atoms with E-state index in [-0.39, 0.29) is 0 Å². The van der Waals surface area contributed by atoms with Crippen molar-refractivity contribution in [3.8, 4) is 0 Å². The standard InChI is InChI=1S/C24H46/c1-19(17-23(3,4)5)9-11-21-13-15-22(16-14-21)12-10-20(2)18-24(6,7)8/h13,19-20,22H,9-12,14-18H2,1-8H3. The first kappa shape index (κ1) is 21.8. The van der Waals surface area contributed by atoms with E-state index in [9.17, 15) is 0 Å². The molecule has 0 N–H and O–H groups in total. The summed E-state index contributed by atoms with van der Waals surface area (Å²) in [5, 5.41) is 0. The minimum absolute atomic E-state index is 0.481. The Morgan fingerprint density at radius 3 is 1.92 bits per heavy atom. The summed E-state index contributed by atoms with van der Waals surface area (Å²) in [4.78, 5) is 0. The molecular formula is C24H46. The summed E-state index contributed by atoms with van der Waals surface area (Å²) in [7, 11) is 0. The SMILES string of the molecule is CC(CCC1=CCC(CCC(C)CC(C)(C)C)CC1)CC(C)(C)C. The molecule has 0 bridgehead atoms. The molecule has 0 aliphatic heterocycles. The predicted molar refractivity (Wildman–Crippen MR) is 110 cm³/mol. The molecule has 0 heteroatoms. The van der Waals surface area contributed by atoms with E-state index in [0.29, 0.717) is 10.8 Å². The fourth-order valence-corrected chi connectivity index (χ4v) is 4.68. The van der Waals surface area contributed by atoms with Crippen molar-refractivity contribution in [1.29, 1.82) is 0 Å². The van der Waals surface area contributed by atoms with Gasteiger partial charge in [0.2, 0.25) is 0 Å². The zero-order valence-corrected chi connectivity index (χ0v) is 18.2. The number of allylic oxidation sites excluding steroid dienone is 2. The third-order valence-corrected chi connectivity index (χ3v) is 5.56. The van der Waals surface area contributed by atoms with Crippen LogP contribution in [0.4, 0.5) is 0 Å². The van der Waals surface area contributed by atoms with Crippen molar-refractivity contribution < 1.29 is 0 Å². The normalized spacial score (nSPS) is 22.2. The van der Waals surface area contributed by atoms with Crippen molar-refractivity contribution in [2.75, 3.05) is 0 Å². The molecular weight excluding hydrogens is 288 g/mol. The van der Waals surface area contributed by atoms with Crippen molar-refractivity contribution in [3.05, 3.63) is 11.6 Å². The topological polar surface area (TPSA) is 0 Å². The van der Waals surface area contributed by atoms with E-state index in [1.807, 2.05) is 0 Å². The van der Waals surface area contributed by atoms with Crippen molar-refractivity contribution >= 4 is 0 Å². The van der Waals surface area contributed by atoms with Gasteiger partial charge in [-0.2, -0.15) is 0 Å². The van der Waals surface area contributed by atoms with Crippen LogP contribution in [0, 0.1) is 28.6 Å². The number of hydrogen-bond acceptors (Lipinski definition) is 0. The lowest BCUT2D eigenvalue weighted by atomic mass is 9.79. The summed E-state index contributed by atoms with van der Waals surface area (Å²) < 4.78 is 0. The van der Waals surface area contributed by atoms with Crippen LogP contribution >= 0.6 is 0 Å². The molecule has 1 aliphatic rings. The van der Waals surface area contributed by atoms with Crippen LogP contribution in [0.2, 0.25) is 0 Å². The van der Waals surface area contributed by atoms with Gasteiger partial charge < -0.3 is 0 Å². The van der Waals surface area contributed by atoms with Crippen LogP contribution in [0.25, 0.3) is 0 Å². The van der Waals surface area contributed by atoms with Gasteiger partial charge in [0.1, 0.15) is 0 Å². The van der Waals surface area contributed by atoms with E-state index in [0.717, 1.165) is 17.8 Å². The van der Waals surface area contributed by atoms with E-state index >= 15 is 0 Å². The molecule has 0 spiro atoms. The van der Waals surface area contributed by atoms with Crippen molar-refractivity contribution in [1.82, 2.24) is 0 Å². The Bertz CT molecular complexity index is 374. The summed E-state index contributed by atoms with van der Waals surface area (Å²) in [5.41, 5.74) is 2.73. The maximum Gasteiger partial charge on any atom is -0.0318 e. The zero-order chi connectivity index (χ0) is 18.4. The molecule has 0 amide bonds. The first-order chi connectivity index (χ1) is 10.9. The highest BCUT2D eigenvalue weighted by Crippen LogP contribution is 2.34. The van der Waals surface area contributed by atoms with Crippen LogP contribution in [0.1, 0.15) is 113 Å². The van der Waals surface area contributed by atoms with Gasteiger partial charge in [-0.25, -0.2) is 0 Å². The molecule has 0 nitrogen and oxygen atoms in total. The molecule has 0 radical (unpaired) electrons. The summed E-state index contributed by atoms with van der Waals surface area (Å²) >= 11 is 0. The minimum atomic E-state index is 0.481. The molecule has 0 heterocycles. The highest BCUT2D eigenvalue weighted by Gasteiger charge is 2.20. The number of hydrogen-bond donors (Lipinski definition) is 0. The third kappa shape index (κ3) is 10.6. The molecule has 3 unspecified atom stereocenters. The van der Waals surface area contributed by atoms with Gasteiger partial charge in [-0.1, -0.05) is 73.5 Å². The first-order valence-corrected chi connectivity index (χ1v) is 10.6. The molecule has 0 fully saturated rings. The monoisotopic (exact) mass is 334 g/mol. The molecule has 0 saturated heterocycles. The molecule has 0 saturated carbocycles. The Morgan fingerprint density at radius 2 is 1.46 bits per heavy atom. The fourth-order valence-electron chi connectivity index (χ4n) is 4.68. The number of rotatable bonds is 8. The van der Waals surface area contributed by atoms with Crippen LogP contribution in [0.3, 0.4) is 0 Å². The quantitative estimate of drug-likeness (QED) is 0.391. The Hall–Kier alpha value is -0.260. The van der Waals surface area contributed by atoms with E-state index < -0.39 is 0 Å². The predicted octanol–water partition coefficient (Wildman–Crippen LogP) is 8.42. The molecule has 0 aromatic rings. The van der Waals surface area contributed by atoms with Crippen LogP contribution in [0.15, 0.2) is 11.6 Å². The van der Waals surface area contributed by atoms with E-state index in [1.54, 1.807) is 5.57 Å². The van der Waals surface area contributed by atoms with Gasteiger partial charge in [-0.15, -0.1) is 0 Å². The second-order valence-electron chi connectivity index (χ2n) is 11.4. The maximum absolute atomic E-state index is 2.60. The maximum atomic E-state index is 2.60. The van der Waals surface area contributed by atoms with Gasteiger partial charge in [0.05, 0.1) is 0 Å². The minimum Gasteiger partial charge on any atom is -0.0851 e. The van der Waals surface area contributed by atoms with E-state index in [1.165, 1.54) is 57.8 Å². The van der Waals surface area contributed by atoms with Crippen LogP contribution in [-0.4, -0.2) is 0 Å². The Kier molecular flexibility index (Phi) is 8.57. The average Bonchev–Trinajstić information content (AvgIpc) is 2.40. The van der Waals surface area contributed by atoms with Crippen LogP contribution in [0.5, 0.6) is 0 Å². The largest absolute Gasteiger partial charge is 0.0851 e. The summed E-state index contributed by atoms with van der Waals surface area (Å²) in [6.07, 6.45) is 15.1. The van der Waals surface area contributed by atoms with E-state index in [4.69, 9.17) is 0 Å². The van der Waals surface area contributed by atoms with Gasteiger partial charge in [0.15, 0.2) is 0 Å². The van der Waals surface area contributed by atoms with Crippen molar-refractivity contribution in [2.24, 2.45) is 28.6 Å². The lowest BCUT2D eigenvalue weighted by molar-refractivity contribution is 0.275. The molecule has 0 aromatic carbocycles. The Morgan fingerprint density at radius 1 is 0.917 bits per heavy atom. The van der Waals surface area contributed by atoms with Gasteiger partial charge in [-0.05, 0) is 80.0 Å². The smallest absolute Gasteiger partial charge is 0.0318 e. The van der Waals surface area contributed by atoms with Crippen molar-refractivity contribution in [3.63, 3.8) is 0 Å². The fraction of sp³-hybridized carbons (Fsp3) is 0.917. The van der Waals surface area contributed by atoms with Gasteiger partial charge in [0.25, 0.3) is 0 Å². The zero-order valence-electron chi connectivity index (χ0n) is 18.2. The Balaban J connectivity index is 2.24. The second-order valence-corrected chi connectivity index (χ2v) is 11.4. The Labute approximate surface area is 153 Å². The second kappa shape index (κ2) is 9.44. The summed E-state index contributed by atoms with van der Waals surface area (Å²) in [6.45, 7) is 19.1. The highest BCUT2D eigenvalue weighted by atomic mass is 14.3. The molecule has 3 atom stereocenters.